The molecule has 25 heavy (non-hydrogen) atoms. The lowest BCUT2D eigenvalue weighted by molar-refractivity contribution is 0.596. The number of aromatic nitrogens is 1. The van der Waals surface area contributed by atoms with Crippen molar-refractivity contribution >= 4 is 9.84 Å². The number of hydrogen-bond donors (Lipinski definition) is 0. The van der Waals surface area contributed by atoms with Crippen LogP contribution in [0, 0.1) is 13.8 Å². The predicted octanol–water partition coefficient (Wildman–Crippen LogP) is 4.76. The molecular weight excluding hydrogens is 330 g/mol. The van der Waals surface area contributed by atoms with Gasteiger partial charge in [0.15, 0.2) is 0 Å². The molecule has 1 heterocycles. The zero-order valence-corrected chi connectivity index (χ0v) is 15.5. The topological polar surface area (TPSA) is 47.0 Å². The maximum Gasteiger partial charge on any atom is 0.207 e. The quantitative estimate of drug-likeness (QED) is 0.681. The molecule has 3 rings (SSSR count). The molecule has 0 spiro atoms. The summed E-state index contributed by atoms with van der Waals surface area (Å²) in [5, 5.41) is 0. The van der Waals surface area contributed by atoms with Crippen molar-refractivity contribution in [1.29, 1.82) is 0 Å². The summed E-state index contributed by atoms with van der Waals surface area (Å²) >= 11 is 0. The second-order valence-electron chi connectivity index (χ2n) is 6.13. The van der Waals surface area contributed by atoms with Gasteiger partial charge in [0, 0.05) is 11.3 Å². The lowest BCUT2D eigenvalue weighted by Crippen LogP contribution is -2.06. The number of rotatable bonds is 4. The summed E-state index contributed by atoms with van der Waals surface area (Å²) in [4.78, 5) is 5.23. The minimum Gasteiger partial charge on any atom is -0.253 e. The molecule has 1 aromatic heterocycles. The van der Waals surface area contributed by atoms with Gasteiger partial charge in [-0.1, -0.05) is 48.9 Å². The summed E-state index contributed by atoms with van der Waals surface area (Å²) in [5.74, 6) is 0. The van der Waals surface area contributed by atoms with Crippen molar-refractivity contribution in [3.05, 3.63) is 77.5 Å². The van der Waals surface area contributed by atoms with Crippen LogP contribution in [0.2, 0.25) is 0 Å². The molecule has 0 atom stereocenters. The first-order valence-electron chi connectivity index (χ1n) is 8.31. The Bertz CT molecular complexity index is 1010. The van der Waals surface area contributed by atoms with Gasteiger partial charge in [-0.25, -0.2) is 8.42 Å². The van der Waals surface area contributed by atoms with Crippen molar-refractivity contribution < 1.29 is 8.42 Å². The highest BCUT2D eigenvalue weighted by molar-refractivity contribution is 7.91. The zero-order chi connectivity index (χ0) is 18.0. The van der Waals surface area contributed by atoms with Gasteiger partial charge in [-0.15, -0.1) is 0 Å². The first-order chi connectivity index (χ1) is 11.9. The van der Waals surface area contributed by atoms with Crippen LogP contribution in [0.3, 0.4) is 0 Å². The summed E-state index contributed by atoms with van der Waals surface area (Å²) in [7, 11) is -3.61. The molecule has 128 valence electrons. The second-order valence-corrected chi connectivity index (χ2v) is 8.04. The summed E-state index contributed by atoms with van der Waals surface area (Å²) in [6.07, 6.45) is 0.793. The van der Waals surface area contributed by atoms with E-state index in [2.05, 4.69) is 4.98 Å². The van der Waals surface area contributed by atoms with Crippen molar-refractivity contribution in [2.24, 2.45) is 0 Å². The van der Waals surface area contributed by atoms with Crippen molar-refractivity contribution in [3.8, 4) is 11.3 Å². The Kier molecular flexibility index (Phi) is 4.73. The van der Waals surface area contributed by atoms with Crippen LogP contribution < -0.4 is 0 Å². The molecule has 3 aromatic rings. The fourth-order valence-corrected chi connectivity index (χ4v) is 4.31. The molecule has 0 amide bonds. The van der Waals surface area contributed by atoms with E-state index in [1.807, 2.05) is 57.2 Å². The molecule has 2 aromatic carbocycles. The third-order valence-corrected chi connectivity index (χ3v) is 6.09. The van der Waals surface area contributed by atoms with Gasteiger partial charge in [-0.2, -0.15) is 0 Å². The Morgan fingerprint density at radius 3 is 2.24 bits per heavy atom. The van der Waals surface area contributed by atoms with Crippen molar-refractivity contribution in [1.82, 2.24) is 4.98 Å². The number of hydrogen-bond acceptors (Lipinski definition) is 3. The maximum atomic E-state index is 13.2. The van der Waals surface area contributed by atoms with E-state index in [1.165, 1.54) is 0 Å². The second kappa shape index (κ2) is 6.81. The van der Waals surface area contributed by atoms with E-state index >= 15 is 0 Å². The van der Waals surface area contributed by atoms with Gasteiger partial charge in [0.1, 0.15) is 0 Å². The maximum absolute atomic E-state index is 13.2. The number of nitrogens with zero attached hydrogens (tertiary/aromatic N) is 1. The van der Waals surface area contributed by atoms with Gasteiger partial charge in [0.2, 0.25) is 9.84 Å². The zero-order valence-electron chi connectivity index (χ0n) is 14.7. The molecular formula is C21H21NO2S. The first-order valence-corrected chi connectivity index (χ1v) is 9.79. The van der Waals surface area contributed by atoms with E-state index in [1.54, 1.807) is 24.3 Å². The predicted molar refractivity (Wildman–Crippen MR) is 100 cm³/mol. The lowest BCUT2D eigenvalue weighted by atomic mass is 10.0. The Hall–Kier alpha value is -2.46. The molecule has 0 aliphatic heterocycles. The monoisotopic (exact) mass is 351 g/mol. The normalized spacial score (nSPS) is 11.5. The van der Waals surface area contributed by atoms with E-state index in [0.717, 1.165) is 28.9 Å². The van der Waals surface area contributed by atoms with E-state index in [0.29, 0.717) is 15.4 Å². The van der Waals surface area contributed by atoms with Gasteiger partial charge in [0.05, 0.1) is 15.5 Å². The number of aryl methyl sites for hydroxylation is 3. The number of benzene rings is 2. The fraction of sp³-hybridized carbons (Fsp3) is 0.190. The minimum atomic E-state index is -3.61. The van der Waals surface area contributed by atoms with E-state index in [-0.39, 0.29) is 0 Å². The summed E-state index contributed by atoms with van der Waals surface area (Å²) in [5.41, 5.74) is 4.34. The van der Waals surface area contributed by atoms with Gasteiger partial charge in [-0.05, 0) is 50.1 Å². The average molecular weight is 351 g/mol. The van der Waals surface area contributed by atoms with E-state index < -0.39 is 9.84 Å². The summed E-state index contributed by atoms with van der Waals surface area (Å²) in [6.45, 7) is 5.90. The van der Waals surface area contributed by atoms with Gasteiger partial charge in [-0.3, -0.25) is 4.98 Å². The van der Waals surface area contributed by atoms with Crippen molar-refractivity contribution in [3.63, 3.8) is 0 Å². The summed E-state index contributed by atoms with van der Waals surface area (Å²) in [6, 6.07) is 18.0. The smallest absolute Gasteiger partial charge is 0.207 e. The molecule has 0 aliphatic carbocycles. The van der Waals surface area contributed by atoms with Gasteiger partial charge in [0.25, 0.3) is 0 Å². The largest absolute Gasteiger partial charge is 0.253 e. The average Bonchev–Trinajstić information content (AvgIpc) is 2.62. The van der Waals surface area contributed by atoms with Crippen LogP contribution in [0.25, 0.3) is 11.3 Å². The molecule has 0 fully saturated rings. The van der Waals surface area contributed by atoms with Crippen molar-refractivity contribution in [2.75, 3.05) is 0 Å². The Balaban J connectivity index is 2.24. The minimum absolute atomic E-state index is 0.298. The van der Waals surface area contributed by atoms with Crippen LogP contribution in [0.15, 0.2) is 70.5 Å². The fourth-order valence-electron chi connectivity index (χ4n) is 2.85. The lowest BCUT2D eigenvalue weighted by Gasteiger charge is -2.14. The van der Waals surface area contributed by atoms with Gasteiger partial charge < -0.3 is 0 Å². The van der Waals surface area contributed by atoms with Gasteiger partial charge >= 0.3 is 0 Å². The molecule has 0 unspecified atom stereocenters. The van der Waals surface area contributed by atoms with Crippen LogP contribution >= 0.6 is 0 Å². The molecule has 3 nitrogen and oxygen atoms in total. The number of sulfone groups is 1. The van der Waals surface area contributed by atoms with Crippen LogP contribution in [-0.2, 0) is 16.3 Å². The Morgan fingerprint density at radius 1 is 0.880 bits per heavy atom. The third-order valence-electron chi connectivity index (χ3n) is 4.26. The highest BCUT2D eigenvalue weighted by atomic mass is 32.2. The molecule has 0 N–H and O–H groups in total. The Labute approximate surface area is 149 Å². The standard InChI is InChI=1S/C21H21NO2S/c1-4-17-12-11-16(3)22-21(17)19-7-5-6-8-20(19)25(23,24)18-13-9-15(2)10-14-18/h5-14H,4H2,1-3H3. The molecule has 0 aliphatic rings. The molecule has 0 saturated heterocycles. The van der Waals surface area contributed by atoms with Crippen LogP contribution in [-0.4, -0.2) is 13.4 Å². The molecule has 4 heteroatoms. The SMILES string of the molecule is CCc1ccc(C)nc1-c1ccccc1S(=O)(=O)c1ccc(C)cc1. The molecule has 0 bridgehead atoms. The van der Waals surface area contributed by atoms with E-state index in [4.69, 9.17) is 0 Å². The van der Waals surface area contributed by atoms with Crippen molar-refractivity contribution in [2.45, 2.75) is 37.0 Å². The Morgan fingerprint density at radius 2 is 1.56 bits per heavy atom. The highest BCUT2D eigenvalue weighted by Crippen LogP contribution is 2.32. The van der Waals surface area contributed by atoms with E-state index in [9.17, 15) is 8.42 Å². The summed E-state index contributed by atoms with van der Waals surface area (Å²) < 4.78 is 26.4. The first kappa shape index (κ1) is 17.4. The molecule has 0 saturated carbocycles. The van der Waals surface area contributed by atoms with Crippen LogP contribution in [0.4, 0.5) is 0 Å². The molecule has 0 radical (unpaired) electrons. The highest BCUT2D eigenvalue weighted by Gasteiger charge is 2.23. The van der Waals surface area contributed by atoms with Crippen LogP contribution in [0.5, 0.6) is 0 Å². The number of pyridine rings is 1. The van der Waals surface area contributed by atoms with Crippen LogP contribution in [0.1, 0.15) is 23.7 Å². The third kappa shape index (κ3) is 3.35.